The van der Waals surface area contributed by atoms with Gasteiger partial charge in [-0.15, -0.1) is 0 Å². The smallest absolute Gasteiger partial charge is 0.224 e. The monoisotopic (exact) mass is 381 g/mol. The molecule has 4 heteroatoms. The van der Waals surface area contributed by atoms with Crippen molar-refractivity contribution in [2.45, 2.75) is 13.0 Å². The van der Waals surface area contributed by atoms with Crippen LogP contribution in [0, 0.1) is 0 Å². The highest BCUT2D eigenvalue weighted by atomic mass is 79.9. The van der Waals surface area contributed by atoms with E-state index < -0.39 is 0 Å². The molecule has 1 amide bonds. The molecule has 2 aromatic carbocycles. The maximum atomic E-state index is 11.8. The van der Waals surface area contributed by atoms with Crippen molar-refractivity contribution in [3.8, 4) is 0 Å². The number of carbonyl (C=O) groups excluding carboxylic acids is 1. The summed E-state index contributed by atoms with van der Waals surface area (Å²) in [5.74, 6) is 0.0260. The predicted octanol–water partition coefficient (Wildman–Crippen LogP) is 4.07. The number of nitrogens with one attached hydrogen (secondary N) is 1. The quantitative estimate of drug-likeness (QED) is 0.848. The molecular formula is C15H13Br2NO. The number of benzene rings is 2. The van der Waals surface area contributed by atoms with E-state index in [1.165, 1.54) is 0 Å². The SMILES string of the molecule is O=C(Cc1cccc(Br)c1)NCc1cccc(Br)c1. The lowest BCUT2D eigenvalue weighted by atomic mass is 10.1. The molecule has 0 saturated carbocycles. The van der Waals surface area contributed by atoms with Gasteiger partial charge in [-0.3, -0.25) is 4.79 Å². The minimum Gasteiger partial charge on any atom is -0.352 e. The van der Waals surface area contributed by atoms with E-state index >= 15 is 0 Å². The molecule has 2 aromatic rings. The van der Waals surface area contributed by atoms with E-state index in [1.54, 1.807) is 0 Å². The van der Waals surface area contributed by atoms with Crippen LogP contribution >= 0.6 is 31.9 Å². The first kappa shape index (κ1) is 14.3. The Kier molecular flexibility index (Phi) is 5.16. The largest absolute Gasteiger partial charge is 0.352 e. The number of halogens is 2. The van der Waals surface area contributed by atoms with Crippen LogP contribution in [0.1, 0.15) is 11.1 Å². The van der Waals surface area contributed by atoms with E-state index in [4.69, 9.17) is 0 Å². The molecule has 0 aromatic heterocycles. The summed E-state index contributed by atoms with van der Waals surface area (Å²) in [6.07, 6.45) is 0.396. The van der Waals surface area contributed by atoms with Gasteiger partial charge in [0, 0.05) is 15.5 Å². The molecule has 0 bridgehead atoms. The van der Waals surface area contributed by atoms with Crippen molar-refractivity contribution in [3.05, 3.63) is 68.6 Å². The first-order chi connectivity index (χ1) is 9.13. The first-order valence-electron chi connectivity index (χ1n) is 5.89. The molecule has 0 aliphatic heterocycles. The fourth-order valence-electron chi connectivity index (χ4n) is 1.74. The van der Waals surface area contributed by atoms with Crippen molar-refractivity contribution in [2.75, 3.05) is 0 Å². The molecule has 0 fully saturated rings. The summed E-state index contributed by atoms with van der Waals surface area (Å²) in [5, 5.41) is 2.92. The van der Waals surface area contributed by atoms with Crippen LogP contribution in [0.3, 0.4) is 0 Å². The minimum absolute atomic E-state index is 0.0260. The third kappa shape index (κ3) is 4.80. The molecule has 0 spiro atoms. The average molecular weight is 383 g/mol. The summed E-state index contributed by atoms with van der Waals surface area (Å²) in [4.78, 5) is 11.8. The van der Waals surface area contributed by atoms with Crippen LogP contribution in [-0.2, 0) is 17.8 Å². The van der Waals surface area contributed by atoms with Gasteiger partial charge in [-0.25, -0.2) is 0 Å². The summed E-state index contributed by atoms with van der Waals surface area (Å²) in [6.45, 7) is 0.548. The van der Waals surface area contributed by atoms with Gasteiger partial charge in [0.2, 0.25) is 5.91 Å². The van der Waals surface area contributed by atoms with Gasteiger partial charge < -0.3 is 5.32 Å². The molecule has 19 heavy (non-hydrogen) atoms. The number of hydrogen-bond donors (Lipinski definition) is 1. The summed E-state index contributed by atoms with van der Waals surface area (Å²) in [6, 6.07) is 15.7. The normalized spacial score (nSPS) is 10.2. The molecule has 0 atom stereocenters. The third-order valence-corrected chi connectivity index (χ3v) is 3.62. The number of amides is 1. The van der Waals surface area contributed by atoms with Crippen LogP contribution in [0.4, 0.5) is 0 Å². The van der Waals surface area contributed by atoms with Gasteiger partial charge in [0.25, 0.3) is 0 Å². The molecule has 0 radical (unpaired) electrons. The Hall–Kier alpha value is -1.13. The van der Waals surface area contributed by atoms with Crippen LogP contribution in [0.5, 0.6) is 0 Å². The van der Waals surface area contributed by atoms with E-state index in [2.05, 4.69) is 37.2 Å². The molecule has 0 aliphatic carbocycles. The van der Waals surface area contributed by atoms with E-state index in [9.17, 15) is 4.79 Å². The van der Waals surface area contributed by atoms with Gasteiger partial charge in [-0.05, 0) is 35.4 Å². The molecule has 2 rings (SSSR count). The Morgan fingerprint density at radius 1 is 0.947 bits per heavy atom. The van der Waals surface area contributed by atoms with Crippen LogP contribution in [0.15, 0.2) is 57.5 Å². The molecule has 98 valence electrons. The zero-order valence-electron chi connectivity index (χ0n) is 10.2. The second kappa shape index (κ2) is 6.87. The lowest BCUT2D eigenvalue weighted by molar-refractivity contribution is -0.120. The summed E-state index contributed by atoms with van der Waals surface area (Å²) in [5.41, 5.74) is 2.08. The lowest BCUT2D eigenvalue weighted by Crippen LogP contribution is -2.24. The maximum absolute atomic E-state index is 11.8. The molecule has 0 heterocycles. The highest BCUT2D eigenvalue weighted by Gasteiger charge is 2.03. The predicted molar refractivity (Wildman–Crippen MR) is 83.8 cm³/mol. The molecule has 1 N–H and O–H groups in total. The van der Waals surface area contributed by atoms with Crippen molar-refractivity contribution in [3.63, 3.8) is 0 Å². The number of carbonyl (C=O) groups is 1. The molecule has 2 nitrogen and oxygen atoms in total. The van der Waals surface area contributed by atoms with Gasteiger partial charge in [0.05, 0.1) is 6.42 Å². The molecule has 0 aliphatic rings. The van der Waals surface area contributed by atoms with E-state index in [1.807, 2.05) is 48.5 Å². The number of hydrogen-bond acceptors (Lipinski definition) is 1. The van der Waals surface area contributed by atoms with Gasteiger partial charge in [-0.1, -0.05) is 56.1 Å². The maximum Gasteiger partial charge on any atom is 0.224 e. The van der Waals surface area contributed by atoms with Gasteiger partial charge in [0.15, 0.2) is 0 Å². The van der Waals surface area contributed by atoms with E-state index in [0.29, 0.717) is 13.0 Å². The van der Waals surface area contributed by atoms with Crippen LogP contribution in [0.25, 0.3) is 0 Å². The Labute approximate surface area is 129 Å². The van der Waals surface area contributed by atoms with Gasteiger partial charge in [-0.2, -0.15) is 0 Å². The minimum atomic E-state index is 0.0260. The Bertz CT molecular complexity index is 584. The number of rotatable bonds is 4. The zero-order chi connectivity index (χ0) is 13.7. The molecule has 0 saturated heterocycles. The molecule has 0 unspecified atom stereocenters. The van der Waals surface area contributed by atoms with Crippen molar-refractivity contribution in [1.29, 1.82) is 0 Å². The van der Waals surface area contributed by atoms with E-state index in [-0.39, 0.29) is 5.91 Å². The lowest BCUT2D eigenvalue weighted by Gasteiger charge is -2.06. The van der Waals surface area contributed by atoms with Crippen molar-refractivity contribution < 1.29 is 4.79 Å². The fraction of sp³-hybridized carbons (Fsp3) is 0.133. The van der Waals surface area contributed by atoms with Crippen molar-refractivity contribution in [2.24, 2.45) is 0 Å². The van der Waals surface area contributed by atoms with Gasteiger partial charge in [0.1, 0.15) is 0 Å². The fourth-order valence-corrected chi connectivity index (χ4v) is 2.64. The van der Waals surface area contributed by atoms with Gasteiger partial charge >= 0.3 is 0 Å². The average Bonchev–Trinajstić information content (AvgIpc) is 2.36. The van der Waals surface area contributed by atoms with Crippen LogP contribution in [-0.4, -0.2) is 5.91 Å². The topological polar surface area (TPSA) is 29.1 Å². The Morgan fingerprint density at radius 3 is 2.16 bits per heavy atom. The summed E-state index contributed by atoms with van der Waals surface area (Å²) < 4.78 is 2.01. The highest BCUT2D eigenvalue weighted by molar-refractivity contribution is 9.10. The zero-order valence-corrected chi connectivity index (χ0v) is 13.4. The first-order valence-corrected chi connectivity index (χ1v) is 7.48. The summed E-state index contributed by atoms with van der Waals surface area (Å²) >= 11 is 6.81. The third-order valence-electron chi connectivity index (χ3n) is 2.63. The van der Waals surface area contributed by atoms with Crippen molar-refractivity contribution >= 4 is 37.8 Å². The van der Waals surface area contributed by atoms with E-state index in [0.717, 1.165) is 20.1 Å². The summed E-state index contributed by atoms with van der Waals surface area (Å²) in [7, 11) is 0. The Balaban J connectivity index is 1.88. The van der Waals surface area contributed by atoms with Crippen LogP contribution in [0.2, 0.25) is 0 Å². The van der Waals surface area contributed by atoms with Crippen molar-refractivity contribution in [1.82, 2.24) is 5.32 Å². The van der Waals surface area contributed by atoms with Crippen LogP contribution < -0.4 is 5.32 Å². The second-order valence-corrected chi connectivity index (χ2v) is 6.04. The molecular weight excluding hydrogens is 370 g/mol. The Morgan fingerprint density at radius 2 is 1.53 bits per heavy atom. The standard InChI is InChI=1S/C15H13Br2NO/c16-13-5-1-3-11(7-13)9-15(19)18-10-12-4-2-6-14(17)8-12/h1-8H,9-10H2,(H,18,19). The highest BCUT2D eigenvalue weighted by Crippen LogP contribution is 2.13. The second-order valence-electron chi connectivity index (χ2n) is 4.21.